The van der Waals surface area contributed by atoms with Crippen LogP contribution in [0.1, 0.15) is 19.4 Å². The SMILES string of the molecule is CCN(CC)CCOc1cc(CN)ccc1OC. The monoisotopic (exact) mass is 252 g/mol. The minimum absolute atomic E-state index is 0.510. The maximum absolute atomic E-state index is 5.78. The highest BCUT2D eigenvalue weighted by Gasteiger charge is 2.06. The van der Waals surface area contributed by atoms with Crippen LogP contribution >= 0.6 is 0 Å². The first-order valence-corrected chi connectivity index (χ1v) is 6.47. The second kappa shape index (κ2) is 7.95. The first kappa shape index (κ1) is 14.8. The number of likely N-dealkylation sites (N-methyl/N-ethyl adjacent to an activating group) is 1. The van der Waals surface area contributed by atoms with Crippen molar-refractivity contribution in [2.24, 2.45) is 5.73 Å². The molecule has 0 saturated carbocycles. The smallest absolute Gasteiger partial charge is 0.161 e. The van der Waals surface area contributed by atoms with Gasteiger partial charge in [0.15, 0.2) is 11.5 Å². The van der Waals surface area contributed by atoms with Crippen LogP contribution in [0.2, 0.25) is 0 Å². The molecule has 0 unspecified atom stereocenters. The van der Waals surface area contributed by atoms with Crippen molar-refractivity contribution in [2.45, 2.75) is 20.4 Å². The van der Waals surface area contributed by atoms with Gasteiger partial charge < -0.3 is 20.1 Å². The number of hydrogen-bond donors (Lipinski definition) is 1. The molecule has 0 heterocycles. The molecule has 0 radical (unpaired) electrons. The number of nitrogens with zero attached hydrogens (tertiary/aromatic N) is 1. The molecular weight excluding hydrogens is 228 g/mol. The van der Waals surface area contributed by atoms with E-state index in [0.29, 0.717) is 13.2 Å². The van der Waals surface area contributed by atoms with E-state index >= 15 is 0 Å². The van der Waals surface area contributed by atoms with Crippen molar-refractivity contribution in [3.05, 3.63) is 23.8 Å². The fourth-order valence-corrected chi connectivity index (χ4v) is 1.79. The highest BCUT2D eigenvalue weighted by molar-refractivity contribution is 5.42. The fourth-order valence-electron chi connectivity index (χ4n) is 1.79. The van der Waals surface area contributed by atoms with Crippen LogP contribution < -0.4 is 15.2 Å². The van der Waals surface area contributed by atoms with Gasteiger partial charge in [-0.2, -0.15) is 0 Å². The molecule has 1 aromatic carbocycles. The lowest BCUT2D eigenvalue weighted by atomic mass is 10.2. The highest BCUT2D eigenvalue weighted by Crippen LogP contribution is 2.27. The number of benzene rings is 1. The van der Waals surface area contributed by atoms with Crippen LogP contribution in [0.4, 0.5) is 0 Å². The predicted molar refractivity (Wildman–Crippen MR) is 74.2 cm³/mol. The van der Waals surface area contributed by atoms with Crippen LogP contribution in [-0.4, -0.2) is 38.3 Å². The van der Waals surface area contributed by atoms with Crippen molar-refractivity contribution in [1.29, 1.82) is 0 Å². The van der Waals surface area contributed by atoms with E-state index in [2.05, 4.69) is 18.7 Å². The predicted octanol–water partition coefficient (Wildman–Crippen LogP) is 1.87. The highest BCUT2D eigenvalue weighted by atomic mass is 16.5. The average Bonchev–Trinajstić information content (AvgIpc) is 2.43. The summed E-state index contributed by atoms with van der Waals surface area (Å²) in [5.41, 5.74) is 6.68. The van der Waals surface area contributed by atoms with E-state index in [1.807, 2.05) is 18.2 Å². The summed E-state index contributed by atoms with van der Waals surface area (Å²) in [7, 11) is 1.65. The number of rotatable bonds is 8. The maximum Gasteiger partial charge on any atom is 0.161 e. The Balaban J connectivity index is 2.59. The fraction of sp³-hybridized carbons (Fsp3) is 0.571. The van der Waals surface area contributed by atoms with Gasteiger partial charge in [0.05, 0.1) is 7.11 Å². The van der Waals surface area contributed by atoms with E-state index in [9.17, 15) is 0 Å². The Hall–Kier alpha value is -1.26. The summed E-state index contributed by atoms with van der Waals surface area (Å²) in [6.45, 7) is 8.48. The summed E-state index contributed by atoms with van der Waals surface area (Å²) in [5, 5.41) is 0. The minimum atomic E-state index is 0.510. The second-order valence-electron chi connectivity index (χ2n) is 4.06. The zero-order valence-electron chi connectivity index (χ0n) is 11.6. The number of hydrogen-bond acceptors (Lipinski definition) is 4. The summed E-state index contributed by atoms with van der Waals surface area (Å²) in [5.74, 6) is 1.53. The first-order chi connectivity index (χ1) is 8.74. The zero-order chi connectivity index (χ0) is 13.4. The number of nitrogens with two attached hydrogens (primary N) is 1. The molecule has 18 heavy (non-hydrogen) atoms. The van der Waals surface area contributed by atoms with E-state index in [4.69, 9.17) is 15.2 Å². The van der Waals surface area contributed by atoms with Gasteiger partial charge >= 0.3 is 0 Å². The van der Waals surface area contributed by atoms with E-state index in [1.165, 1.54) is 0 Å². The van der Waals surface area contributed by atoms with Crippen molar-refractivity contribution in [3.63, 3.8) is 0 Å². The Bertz CT molecular complexity index is 352. The summed E-state index contributed by atoms with van der Waals surface area (Å²) >= 11 is 0. The molecular formula is C14H24N2O2. The lowest BCUT2D eigenvalue weighted by Gasteiger charge is -2.19. The molecule has 0 bridgehead atoms. The molecule has 0 spiro atoms. The van der Waals surface area contributed by atoms with Gasteiger partial charge in [0.1, 0.15) is 6.61 Å². The Morgan fingerprint density at radius 1 is 1.17 bits per heavy atom. The normalized spacial score (nSPS) is 10.7. The van der Waals surface area contributed by atoms with Gasteiger partial charge in [0.25, 0.3) is 0 Å². The van der Waals surface area contributed by atoms with Gasteiger partial charge in [-0.25, -0.2) is 0 Å². The molecule has 0 aliphatic carbocycles. The van der Waals surface area contributed by atoms with E-state index in [1.54, 1.807) is 7.11 Å². The summed E-state index contributed by atoms with van der Waals surface area (Å²) in [6, 6.07) is 5.80. The molecule has 0 fully saturated rings. The Morgan fingerprint density at radius 2 is 1.89 bits per heavy atom. The maximum atomic E-state index is 5.78. The molecule has 0 aliphatic rings. The Labute approximate surface area is 110 Å². The molecule has 4 nitrogen and oxygen atoms in total. The van der Waals surface area contributed by atoms with E-state index in [0.717, 1.165) is 36.7 Å². The molecule has 4 heteroatoms. The van der Waals surface area contributed by atoms with E-state index < -0.39 is 0 Å². The van der Waals surface area contributed by atoms with Crippen LogP contribution in [0.25, 0.3) is 0 Å². The van der Waals surface area contributed by atoms with Crippen LogP contribution in [-0.2, 0) is 6.54 Å². The number of methoxy groups -OCH3 is 1. The van der Waals surface area contributed by atoms with Crippen molar-refractivity contribution in [3.8, 4) is 11.5 Å². The molecule has 2 N–H and O–H groups in total. The van der Waals surface area contributed by atoms with Crippen LogP contribution in [0.5, 0.6) is 11.5 Å². The summed E-state index contributed by atoms with van der Waals surface area (Å²) < 4.78 is 11.1. The van der Waals surface area contributed by atoms with Gasteiger partial charge in [0, 0.05) is 13.1 Å². The summed E-state index contributed by atoms with van der Waals surface area (Å²) in [6.07, 6.45) is 0. The molecule has 0 aromatic heterocycles. The van der Waals surface area contributed by atoms with Crippen molar-refractivity contribution >= 4 is 0 Å². The third-order valence-corrected chi connectivity index (χ3v) is 3.02. The molecule has 0 amide bonds. The van der Waals surface area contributed by atoms with Gasteiger partial charge in [-0.15, -0.1) is 0 Å². The molecule has 1 rings (SSSR count). The summed E-state index contributed by atoms with van der Waals surface area (Å²) in [4.78, 5) is 2.32. The lowest BCUT2D eigenvalue weighted by molar-refractivity contribution is 0.217. The second-order valence-corrected chi connectivity index (χ2v) is 4.06. The Morgan fingerprint density at radius 3 is 2.44 bits per heavy atom. The number of ether oxygens (including phenoxy) is 2. The molecule has 0 saturated heterocycles. The van der Waals surface area contributed by atoms with Crippen molar-refractivity contribution in [2.75, 3.05) is 33.4 Å². The lowest BCUT2D eigenvalue weighted by Crippen LogP contribution is -2.28. The average molecular weight is 252 g/mol. The van der Waals surface area contributed by atoms with Gasteiger partial charge in [-0.05, 0) is 30.8 Å². The Kier molecular flexibility index (Phi) is 6.54. The third kappa shape index (κ3) is 4.20. The third-order valence-electron chi connectivity index (χ3n) is 3.02. The van der Waals surface area contributed by atoms with Gasteiger partial charge in [-0.1, -0.05) is 19.9 Å². The van der Waals surface area contributed by atoms with Crippen LogP contribution in [0.15, 0.2) is 18.2 Å². The first-order valence-electron chi connectivity index (χ1n) is 6.47. The molecule has 102 valence electrons. The molecule has 0 aliphatic heterocycles. The van der Waals surface area contributed by atoms with Crippen LogP contribution in [0, 0.1) is 0 Å². The minimum Gasteiger partial charge on any atom is -0.493 e. The topological polar surface area (TPSA) is 47.7 Å². The standard InChI is InChI=1S/C14H24N2O2/c1-4-16(5-2)8-9-18-14-10-12(11-15)6-7-13(14)17-3/h6-7,10H,4-5,8-9,11,15H2,1-3H3. The largest absolute Gasteiger partial charge is 0.493 e. The zero-order valence-corrected chi connectivity index (χ0v) is 11.6. The van der Waals surface area contributed by atoms with Gasteiger partial charge in [-0.3, -0.25) is 0 Å². The quantitative estimate of drug-likeness (QED) is 0.767. The van der Waals surface area contributed by atoms with E-state index in [-0.39, 0.29) is 0 Å². The van der Waals surface area contributed by atoms with Crippen molar-refractivity contribution < 1.29 is 9.47 Å². The molecule has 0 atom stereocenters. The van der Waals surface area contributed by atoms with Crippen LogP contribution in [0.3, 0.4) is 0 Å². The van der Waals surface area contributed by atoms with Crippen molar-refractivity contribution in [1.82, 2.24) is 4.90 Å². The molecule has 1 aromatic rings. The van der Waals surface area contributed by atoms with Gasteiger partial charge in [0.2, 0.25) is 0 Å².